The second-order valence-corrected chi connectivity index (χ2v) is 8.27. The number of hydrogen-bond acceptors (Lipinski definition) is 3. The summed E-state index contributed by atoms with van der Waals surface area (Å²) < 4.78 is 16.8. The Morgan fingerprint density at radius 3 is 2.59 bits per heavy atom. The quantitative estimate of drug-likeness (QED) is 0.720. The number of fused-ring (bicyclic) bond motifs is 1. The molecule has 0 bridgehead atoms. The first kappa shape index (κ1) is 19.3. The van der Waals surface area contributed by atoms with E-state index in [1.54, 1.807) is 31.6 Å². The third kappa shape index (κ3) is 3.80. The van der Waals surface area contributed by atoms with Crippen LogP contribution < -0.4 is 0 Å². The van der Waals surface area contributed by atoms with E-state index in [2.05, 4.69) is 5.10 Å². The number of benzene rings is 2. The summed E-state index contributed by atoms with van der Waals surface area (Å²) in [5, 5.41) is 14.3. The van der Waals surface area contributed by atoms with E-state index in [1.165, 1.54) is 4.90 Å². The van der Waals surface area contributed by atoms with Gasteiger partial charge in [0.25, 0.3) is 5.91 Å². The Kier molecular flexibility index (Phi) is 4.74. The lowest BCUT2D eigenvalue weighted by Gasteiger charge is -2.24. The standard InChI is InChI=1S/C23H24FN3O2/c1-15-17(11-16-5-7-18(8-6-16)27-10-4-9-25-27)12-19-20(21(15)24)13-26(22(19)28)14-23(2,3)29/h4-10,12,29H,11,13-14H2,1-3H3. The van der Waals surface area contributed by atoms with E-state index in [0.29, 0.717) is 23.1 Å². The first-order valence-corrected chi connectivity index (χ1v) is 9.64. The zero-order chi connectivity index (χ0) is 20.8. The van der Waals surface area contributed by atoms with Crippen LogP contribution in [0.1, 0.15) is 46.5 Å². The Bertz CT molecular complexity index is 1050. The van der Waals surface area contributed by atoms with Gasteiger partial charge in [-0.25, -0.2) is 9.07 Å². The maximum Gasteiger partial charge on any atom is 0.254 e. The Hall–Kier alpha value is -2.99. The van der Waals surface area contributed by atoms with E-state index in [1.807, 2.05) is 42.6 Å². The highest BCUT2D eigenvalue weighted by atomic mass is 19.1. The topological polar surface area (TPSA) is 58.4 Å². The first-order valence-electron chi connectivity index (χ1n) is 9.64. The fraction of sp³-hybridized carbons (Fsp3) is 0.304. The van der Waals surface area contributed by atoms with Crippen molar-refractivity contribution in [1.29, 1.82) is 0 Å². The molecule has 5 nitrogen and oxygen atoms in total. The highest BCUT2D eigenvalue weighted by molar-refractivity contribution is 5.98. The van der Waals surface area contributed by atoms with Gasteiger partial charge in [-0.15, -0.1) is 0 Å². The Morgan fingerprint density at radius 1 is 1.24 bits per heavy atom. The lowest BCUT2D eigenvalue weighted by molar-refractivity contribution is 0.0313. The van der Waals surface area contributed by atoms with Gasteiger partial charge in [-0.2, -0.15) is 5.10 Å². The molecule has 1 aliphatic heterocycles. The molecule has 6 heteroatoms. The molecular weight excluding hydrogens is 369 g/mol. The van der Waals surface area contributed by atoms with Gasteiger partial charge in [0, 0.05) is 36.6 Å². The van der Waals surface area contributed by atoms with Gasteiger partial charge in [-0.3, -0.25) is 4.79 Å². The van der Waals surface area contributed by atoms with Crippen molar-refractivity contribution in [2.24, 2.45) is 0 Å². The van der Waals surface area contributed by atoms with Crippen LogP contribution in [0.15, 0.2) is 48.8 Å². The summed E-state index contributed by atoms with van der Waals surface area (Å²) in [4.78, 5) is 14.3. The largest absolute Gasteiger partial charge is 0.389 e. The van der Waals surface area contributed by atoms with Crippen LogP contribution in [0.5, 0.6) is 0 Å². The second kappa shape index (κ2) is 7.12. The monoisotopic (exact) mass is 393 g/mol. The first-order chi connectivity index (χ1) is 13.7. The summed E-state index contributed by atoms with van der Waals surface area (Å²) >= 11 is 0. The van der Waals surface area contributed by atoms with E-state index in [9.17, 15) is 9.90 Å². The van der Waals surface area contributed by atoms with Crippen LogP contribution in [0.3, 0.4) is 0 Å². The van der Waals surface area contributed by atoms with Gasteiger partial charge in [-0.05, 0) is 68.1 Å². The number of hydrogen-bond donors (Lipinski definition) is 1. The molecule has 3 aromatic rings. The van der Waals surface area contributed by atoms with Gasteiger partial charge >= 0.3 is 0 Å². The van der Waals surface area contributed by atoms with E-state index >= 15 is 4.39 Å². The number of nitrogens with zero attached hydrogens (tertiary/aromatic N) is 3. The molecule has 4 rings (SSSR count). The van der Waals surface area contributed by atoms with E-state index < -0.39 is 5.60 Å². The zero-order valence-electron chi connectivity index (χ0n) is 16.8. The Morgan fingerprint density at radius 2 is 1.97 bits per heavy atom. The van der Waals surface area contributed by atoms with E-state index in [-0.39, 0.29) is 24.8 Å². The summed E-state index contributed by atoms with van der Waals surface area (Å²) in [7, 11) is 0. The number of β-amino-alcohol motifs (C(OH)–C–C–N with tert-alkyl or cyclic N) is 1. The van der Waals surface area contributed by atoms with Gasteiger partial charge in [0.1, 0.15) is 5.82 Å². The average Bonchev–Trinajstić information content (AvgIpc) is 3.29. The number of carbonyl (C=O) groups excluding carboxylic acids is 1. The third-order valence-corrected chi connectivity index (χ3v) is 5.26. The average molecular weight is 393 g/mol. The molecule has 0 unspecified atom stereocenters. The Balaban J connectivity index is 1.60. The fourth-order valence-electron chi connectivity index (χ4n) is 3.82. The van der Waals surface area contributed by atoms with Gasteiger partial charge < -0.3 is 10.0 Å². The van der Waals surface area contributed by atoms with Gasteiger partial charge in [-0.1, -0.05) is 12.1 Å². The molecule has 1 N–H and O–H groups in total. The molecule has 1 amide bonds. The predicted molar refractivity (Wildman–Crippen MR) is 109 cm³/mol. The number of carbonyl (C=O) groups is 1. The van der Waals surface area contributed by atoms with Crippen molar-refractivity contribution in [2.45, 2.75) is 39.3 Å². The minimum Gasteiger partial charge on any atom is -0.389 e. The lowest BCUT2D eigenvalue weighted by atomic mass is 9.95. The summed E-state index contributed by atoms with van der Waals surface area (Å²) in [6.45, 7) is 5.41. The number of aliphatic hydroxyl groups is 1. The molecule has 0 fully saturated rings. The van der Waals surface area contributed by atoms with Crippen molar-refractivity contribution in [2.75, 3.05) is 6.54 Å². The van der Waals surface area contributed by atoms with Crippen LogP contribution in [0.4, 0.5) is 4.39 Å². The second-order valence-electron chi connectivity index (χ2n) is 8.27. The van der Waals surface area contributed by atoms with Crippen molar-refractivity contribution in [3.63, 3.8) is 0 Å². The molecule has 0 spiro atoms. The number of aromatic nitrogens is 2. The molecule has 0 saturated carbocycles. The van der Waals surface area contributed by atoms with Crippen LogP contribution in [-0.2, 0) is 13.0 Å². The third-order valence-electron chi connectivity index (χ3n) is 5.26. The molecule has 0 radical (unpaired) electrons. The molecule has 0 atom stereocenters. The highest BCUT2D eigenvalue weighted by Crippen LogP contribution is 2.31. The van der Waals surface area contributed by atoms with E-state index in [0.717, 1.165) is 16.8 Å². The van der Waals surface area contributed by atoms with Gasteiger partial charge in [0.05, 0.1) is 11.3 Å². The SMILES string of the molecule is Cc1c(Cc2ccc(-n3cccn3)cc2)cc2c(c1F)CN(CC(C)(C)O)C2=O. The Labute approximate surface area is 169 Å². The van der Waals surface area contributed by atoms with Crippen LogP contribution in [0.2, 0.25) is 0 Å². The fourth-order valence-corrected chi connectivity index (χ4v) is 3.82. The summed E-state index contributed by atoms with van der Waals surface area (Å²) in [5.41, 5.74) is 3.15. The van der Waals surface area contributed by atoms with Crippen molar-refractivity contribution in [1.82, 2.24) is 14.7 Å². The number of amides is 1. The maximum absolute atomic E-state index is 15.0. The van der Waals surface area contributed by atoms with Crippen molar-refractivity contribution >= 4 is 5.91 Å². The predicted octanol–water partition coefficient (Wildman–Crippen LogP) is 3.64. The lowest BCUT2D eigenvalue weighted by Crippen LogP contribution is -2.38. The summed E-state index contributed by atoms with van der Waals surface area (Å²) in [6, 6.07) is 11.6. The molecule has 2 heterocycles. The van der Waals surface area contributed by atoms with Crippen molar-refractivity contribution in [3.05, 3.63) is 82.4 Å². The molecule has 29 heavy (non-hydrogen) atoms. The normalized spacial score (nSPS) is 13.8. The molecular formula is C23H24FN3O2. The molecule has 0 aliphatic carbocycles. The van der Waals surface area contributed by atoms with Crippen LogP contribution in [0, 0.1) is 12.7 Å². The number of rotatable bonds is 5. The van der Waals surface area contributed by atoms with Crippen LogP contribution in [-0.4, -0.2) is 37.8 Å². The molecule has 1 aliphatic rings. The minimum atomic E-state index is -1.03. The highest BCUT2D eigenvalue weighted by Gasteiger charge is 2.34. The molecule has 1 aromatic heterocycles. The van der Waals surface area contributed by atoms with E-state index in [4.69, 9.17) is 0 Å². The van der Waals surface area contributed by atoms with Crippen LogP contribution >= 0.6 is 0 Å². The minimum absolute atomic E-state index is 0.170. The maximum atomic E-state index is 15.0. The summed E-state index contributed by atoms with van der Waals surface area (Å²) in [6.07, 6.45) is 4.14. The molecule has 2 aromatic carbocycles. The number of halogens is 1. The van der Waals surface area contributed by atoms with Crippen molar-refractivity contribution in [3.8, 4) is 5.69 Å². The van der Waals surface area contributed by atoms with Gasteiger partial charge in [0.15, 0.2) is 0 Å². The zero-order valence-corrected chi connectivity index (χ0v) is 16.8. The van der Waals surface area contributed by atoms with Crippen LogP contribution in [0.25, 0.3) is 5.69 Å². The summed E-state index contributed by atoms with van der Waals surface area (Å²) in [5.74, 6) is -0.548. The smallest absolute Gasteiger partial charge is 0.254 e. The molecule has 0 saturated heterocycles. The van der Waals surface area contributed by atoms with Crippen molar-refractivity contribution < 1.29 is 14.3 Å². The van der Waals surface area contributed by atoms with Gasteiger partial charge in [0.2, 0.25) is 0 Å². The molecule has 150 valence electrons.